The third-order valence-corrected chi connectivity index (χ3v) is 4.35. The summed E-state index contributed by atoms with van der Waals surface area (Å²) < 4.78 is 27.8. The van der Waals surface area contributed by atoms with E-state index in [1.54, 1.807) is 0 Å². The van der Waals surface area contributed by atoms with Crippen LogP contribution in [-0.2, 0) is 10.0 Å². The molecule has 0 bridgehead atoms. The number of methoxy groups -OCH3 is 1. The maximum Gasteiger partial charge on any atom is 0.255 e. The Bertz CT molecular complexity index is 607. The fraction of sp³-hybridized carbons (Fsp3) is 0.462. The second-order valence-electron chi connectivity index (χ2n) is 4.86. The van der Waals surface area contributed by atoms with Crippen molar-refractivity contribution in [2.24, 2.45) is 5.14 Å². The molecule has 0 saturated heterocycles. The number of hydrogen-bond acceptors (Lipinski definition) is 4. The number of primary sulfonamides is 1. The van der Waals surface area contributed by atoms with E-state index in [1.165, 1.54) is 25.3 Å². The molecule has 1 fully saturated rings. The van der Waals surface area contributed by atoms with Crippen molar-refractivity contribution in [3.8, 4) is 5.75 Å². The summed E-state index contributed by atoms with van der Waals surface area (Å²) in [6.07, 6.45) is 4.09. The maximum absolute atomic E-state index is 12.2. The third-order valence-electron chi connectivity index (χ3n) is 3.43. The minimum absolute atomic E-state index is 0.102. The van der Waals surface area contributed by atoms with Gasteiger partial charge in [0.25, 0.3) is 5.91 Å². The molecule has 0 aliphatic heterocycles. The molecule has 6 nitrogen and oxygen atoms in total. The molecule has 2 rings (SSSR count). The van der Waals surface area contributed by atoms with Crippen LogP contribution in [0.2, 0.25) is 0 Å². The average Bonchev–Trinajstić information content (AvgIpc) is 2.89. The number of sulfonamides is 1. The maximum atomic E-state index is 12.2. The molecule has 1 aromatic carbocycles. The SMILES string of the molecule is COc1ccc(S(N)(=O)=O)cc1C(=O)NC1CCCC1. The molecule has 3 N–H and O–H groups in total. The molecule has 1 amide bonds. The largest absolute Gasteiger partial charge is 0.496 e. The van der Waals surface area contributed by atoms with E-state index in [2.05, 4.69) is 5.32 Å². The summed E-state index contributed by atoms with van der Waals surface area (Å²) >= 11 is 0. The Morgan fingerprint density at radius 1 is 1.35 bits per heavy atom. The van der Waals surface area contributed by atoms with Gasteiger partial charge in [-0.25, -0.2) is 13.6 Å². The third kappa shape index (κ3) is 3.29. The van der Waals surface area contributed by atoms with Gasteiger partial charge in [-0.2, -0.15) is 0 Å². The number of nitrogens with two attached hydrogens (primary N) is 1. The molecule has 0 atom stereocenters. The quantitative estimate of drug-likeness (QED) is 0.866. The van der Waals surface area contributed by atoms with Crippen LogP contribution in [0.3, 0.4) is 0 Å². The summed E-state index contributed by atoms with van der Waals surface area (Å²) in [5.41, 5.74) is 0.186. The highest BCUT2D eigenvalue weighted by molar-refractivity contribution is 7.89. The predicted octanol–water partition coefficient (Wildman–Crippen LogP) is 1.01. The molecule has 0 aromatic heterocycles. The van der Waals surface area contributed by atoms with Crippen molar-refractivity contribution in [1.29, 1.82) is 0 Å². The average molecular weight is 298 g/mol. The molecule has 110 valence electrons. The number of rotatable bonds is 4. The molecule has 0 unspecified atom stereocenters. The summed E-state index contributed by atoms with van der Waals surface area (Å²) in [5.74, 6) is -0.00727. The lowest BCUT2D eigenvalue weighted by molar-refractivity contribution is 0.0934. The number of benzene rings is 1. The van der Waals surface area contributed by atoms with Crippen LogP contribution in [-0.4, -0.2) is 27.5 Å². The van der Waals surface area contributed by atoms with Crippen molar-refractivity contribution in [2.45, 2.75) is 36.6 Å². The van der Waals surface area contributed by atoms with Crippen LogP contribution in [0.1, 0.15) is 36.0 Å². The van der Waals surface area contributed by atoms with Gasteiger partial charge < -0.3 is 10.1 Å². The fourth-order valence-corrected chi connectivity index (χ4v) is 2.91. The van der Waals surface area contributed by atoms with Gasteiger partial charge >= 0.3 is 0 Å². The summed E-state index contributed by atoms with van der Waals surface area (Å²) in [5, 5.41) is 7.97. The van der Waals surface area contributed by atoms with Gasteiger partial charge in [0.2, 0.25) is 10.0 Å². The van der Waals surface area contributed by atoms with Gasteiger partial charge in [0, 0.05) is 6.04 Å². The van der Waals surface area contributed by atoms with E-state index in [1.807, 2.05) is 0 Å². The smallest absolute Gasteiger partial charge is 0.255 e. The van der Waals surface area contributed by atoms with E-state index in [-0.39, 0.29) is 22.4 Å². The predicted molar refractivity (Wildman–Crippen MR) is 74.1 cm³/mol. The van der Waals surface area contributed by atoms with Crippen molar-refractivity contribution in [3.63, 3.8) is 0 Å². The summed E-state index contributed by atoms with van der Waals surface area (Å²) in [7, 11) is -2.42. The Kier molecular flexibility index (Phi) is 4.29. The van der Waals surface area contributed by atoms with Crippen LogP contribution in [0.25, 0.3) is 0 Å². The molecule has 20 heavy (non-hydrogen) atoms. The lowest BCUT2D eigenvalue weighted by atomic mass is 10.1. The zero-order valence-electron chi connectivity index (χ0n) is 11.3. The first kappa shape index (κ1) is 14.8. The van der Waals surface area contributed by atoms with E-state index >= 15 is 0 Å². The Labute approximate surface area is 118 Å². The van der Waals surface area contributed by atoms with Crippen LogP contribution in [0.4, 0.5) is 0 Å². The van der Waals surface area contributed by atoms with Crippen LogP contribution in [0.15, 0.2) is 23.1 Å². The Morgan fingerprint density at radius 2 is 2.00 bits per heavy atom. The van der Waals surface area contributed by atoms with E-state index in [0.29, 0.717) is 5.75 Å². The number of amides is 1. The zero-order valence-corrected chi connectivity index (χ0v) is 12.1. The Morgan fingerprint density at radius 3 is 2.55 bits per heavy atom. The summed E-state index contributed by atoms with van der Waals surface area (Å²) in [4.78, 5) is 12.1. The van der Waals surface area contributed by atoms with Gasteiger partial charge in [0.1, 0.15) is 5.75 Å². The standard InChI is InChI=1S/C13H18N2O4S/c1-19-12-7-6-10(20(14,17)18)8-11(12)13(16)15-9-4-2-3-5-9/h6-9H,2-5H2,1H3,(H,15,16)(H2,14,17,18). The molecule has 0 spiro atoms. The fourth-order valence-electron chi connectivity index (χ4n) is 2.37. The Balaban J connectivity index is 2.29. The zero-order chi connectivity index (χ0) is 14.8. The van der Waals surface area contributed by atoms with Crippen molar-refractivity contribution < 1.29 is 17.9 Å². The molecule has 1 aliphatic rings. The highest BCUT2D eigenvalue weighted by atomic mass is 32.2. The minimum Gasteiger partial charge on any atom is -0.496 e. The molecule has 7 heteroatoms. The molecule has 1 saturated carbocycles. The van der Waals surface area contributed by atoms with Crippen LogP contribution < -0.4 is 15.2 Å². The minimum atomic E-state index is -3.85. The number of hydrogen-bond donors (Lipinski definition) is 2. The molecule has 1 aromatic rings. The van der Waals surface area contributed by atoms with Gasteiger partial charge in [-0.3, -0.25) is 4.79 Å². The first-order valence-corrected chi connectivity index (χ1v) is 7.98. The first-order valence-electron chi connectivity index (χ1n) is 6.43. The topological polar surface area (TPSA) is 98.5 Å². The second kappa shape index (κ2) is 5.80. The van der Waals surface area contributed by atoms with Gasteiger partial charge in [-0.05, 0) is 31.0 Å². The van der Waals surface area contributed by atoms with Crippen LogP contribution >= 0.6 is 0 Å². The lowest BCUT2D eigenvalue weighted by Crippen LogP contribution is -2.33. The van der Waals surface area contributed by atoms with E-state index in [9.17, 15) is 13.2 Å². The molecule has 0 radical (unpaired) electrons. The van der Waals surface area contributed by atoms with Crippen molar-refractivity contribution >= 4 is 15.9 Å². The van der Waals surface area contributed by atoms with Crippen LogP contribution in [0, 0.1) is 0 Å². The molecule has 0 heterocycles. The highest BCUT2D eigenvalue weighted by Gasteiger charge is 2.21. The Hall–Kier alpha value is -1.60. The normalized spacial score (nSPS) is 16.1. The van der Waals surface area contributed by atoms with Crippen molar-refractivity contribution in [1.82, 2.24) is 5.32 Å². The van der Waals surface area contributed by atoms with Gasteiger partial charge in [0.15, 0.2) is 0 Å². The summed E-state index contributed by atoms with van der Waals surface area (Å²) in [6.45, 7) is 0. The number of carbonyl (C=O) groups is 1. The van der Waals surface area contributed by atoms with Gasteiger partial charge in [-0.15, -0.1) is 0 Å². The van der Waals surface area contributed by atoms with E-state index < -0.39 is 10.0 Å². The van der Waals surface area contributed by atoms with Crippen molar-refractivity contribution in [2.75, 3.05) is 7.11 Å². The van der Waals surface area contributed by atoms with Gasteiger partial charge in [-0.1, -0.05) is 12.8 Å². The van der Waals surface area contributed by atoms with E-state index in [0.717, 1.165) is 25.7 Å². The molecular formula is C13H18N2O4S. The van der Waals surface area contributed by atoms with Crippen LogP contribution in [0.5, 0.6) is 5.75 Å². The van der Waals surface area contributed by atoms with Crippen molar-refractivity contribution in [3.05, 3.63) is 23.8 Å². The first-order chi connectivity index (χ1) is 9.41. The number of nitrogens with one attached hydrogen (secondary N) is 1. The number of ether oxygens (including phenoxy) is 1. The molecular weight excluding hydrogens is 280 g/mol. The molecule has 1 aliphatic carbocycles. The number of carbonyl (C=O) groups excluding carboxylic acids is 1. The highest BCUT2D eigenvalue weighted by Crippen LogP contribution is 2.23. The van der Waals surface area contributed by atoms with Gasteiger partial charge in [0.05, 0.1) is 17.6 Å². The summed E-state index contributed by atoms with van der Waals surface area (Å²) in [6, 6.07) is 4.15. The lowest BCUT2D eigenvalue weighted by Gasteiger charge is -2.14. The van der Waals surface area contributed by atoms with E-state index in [4.69, 9.17) is 9.88 Å². The second-order valence-corrected chi connectivity index (χ2v) is 6.42. The monoisotopic (exact) mass is 298 g/mol.